The van der Waals surface area contributed by atoms with Gasteiger partial charge in [-0.2, -0.15) is 13.2 Å². The van der Waals surface area contributed by atoms with Crippen LogP contribution in [-0.2, 0) is 6.18 Å². The summed E-state index contributed by atoms with van der Waals surface area (Å²) >= 11 is 0. The Kier molecular flexibility index (Phi) is 6.62. The first-order valence-corrected chi connectivity index (χ1v) is 9.11. The zero-order chi connectivity index (χ0) is 23.3. The van der Waals surface area contributed by atoms with Crippen LogP contribution in [0.2, 0.25) is 0 Å². The lowest BCUT2D eigenvalue weighted by molar-refractivity contribution is -0.385. The molecule has 0 bridgehead atoms. The van der Waals surface area contributed by atoms with Gasteiger partial charge in [-0.1, -0.05) is 0 Å². The second-order valence-electron chi connectivity index (χ2n) is 6.41. The highest BCUT2D eigenvalue weighted by atomic mass is 19.4. The van der Waals surface area contributed by atoms with Crippen LogP contribution in [0.4, 0.5) is 24.5 Å². The summed E-state index contributed by atoms with van der Waals surface area (Å²) in [6.45, 7) is 0. The molecule has 0 spiro atoms. The van der Waals surface area contributed by atoms with E-state index in [1.165, 1.54) is 13.2 Å². The Hall–Kier alpha value is -4.08. The number of nitro groups is 1. The zero-order valence-corrected chi connectivity index (χ0v) is 16.9. The summed E-state index contributed by atoms with van der Waals surface area (Å²) in [5.41, 5.74) is -0.627. The summed E-state index contributed by atoms with van der Waals surface area (Å²) < 4.78 is 54.5. The number of alkyl halides is 3. The molecule has 0 unspecified atom stereocenters. The summed E-state index contributed by atoms with van der Waals surface area (Å²) in [5.74, 6) is 0.667. The van der Waals surface area contributed by atoms with Gasteiger partial charge in [-0.3, -0.25) is 15.1 Å². The maximum absolute atomic E-state index is 12.9. The van der Waals surface area contributed by atoms with Gasteiger partial charge in [0.25, 0.3) is 0 Å². The number of hydrogen-bond acceptors (Lipinski definition) is 6. The van der Waals surface area contributed by atoms with Gasteiger partial charge in [0.1, 0.15) is 5.75 Å². The molecule has 0 N–H and O–H groups in total. The Morgan fingerprint density at radius 1 is 0.906 bits per heavy atom. The smallest absolute Gasteiger partial charge is 0.416 e. The number of benzene rings is 3. The van der Waals surface area contributed by atoms with Crippen LogP contribution in [0.3, 0.4) is 0 Å². The molecule has 0 amide bonds. The number of hydrogen-bond donors (Lipinski definition) is 0. The number of ether oxygens (including phenoxy) is 3. The predicted octanol–water partition coefficient (Wildman–Crippen LogP) is 6.17. The largest absolute Gasteiger partial charge is 0.497 e. The molecule has 0 radical (unpaired) electrons. The lowest BCUT2D eigenvalue weighted by Crippen LogP contribution is -2.06. The second-order valence-corrected chi connectivity index (χ2v) is 6.41. The first-order chi connectivity index (χ1) is 15.2. The maximum Gasteiger partial charge on any atom is 0.416 e. The summed E-state index contributed by atoms with van der Waals surface area (Å²) in [4.78, 5) is 14.7. The quantitative estimate of drug-likeness (QED) is 0.246. The van der Waals surface area contributed by atoms with E-state index in [-0.39, 0.29) is 17.2 Å². The van der Waals surface area contributed by atoms with E-state index in [0.717, 1.165) is 6.07 Å². The van der Waals surface area contributed by atoms with E-state index in [1.54, 1.807) is 49.7 Å². The summed E-state index contributed by atoms with van der Waals surface area (Å²) in [5, 5.41) is 11.3. The molecule has 0 aliphatic rings. The SMILES string of the molecule is COc1ccc(N=Cc2ccc(Oc3ccc(C(F)(F)F)cc3[N+](=O)[O-])c(OC)c2)cc1. The Bertz CT molecular complexity index is 1150. The molecule has 0 aromatic heterocycles. The summed E-state index contributed by atoms with van der Waals surface area (Å²) in [6.07, 6.45) is -3.14. The minimum Gasteiger partial charge on any atom is -0.497 e. The molecular weight excluding hydrogens is 429 g/mol. The van der Waals surface area contributed by atoms with Crippen molar-refractivity contribution in [3.63, 3.8) is 0 Å². The summed E-state index contributed by atoms with van der Waals surface area (Å²) in [7, 11) is 2.93. The van der Waals surface area contributed by atoms with E-state index in [2.05, 4.69) is 4.99 Å². The van der Waals surface area contributed by atoms with Gasteiger partial charge in [0.2, 0.25) is 5.75 Å². The van der Waals surface area contributed by atoms with E-state index < -0.39 is 22.4 Å². The van der Waals surface area contributed by atoms with E-state index in [1.807, 2.05) is 0 Å². The molecule has 10 heteroatoms. The van der Waals surface area contributed by atoms with Crippen molar-refractivity contribution in [2.45, 2.75) is 6.18 Å². The number of methoxy groups -OCH3 is 2. The number of rotatable bonds is 7. The maximum atomic E-state index is 12.9. The average Bonchev–Trinajstić information content (AvgIpc) is 2.78. The molecule has 0 heterocycles. The van der Waals surface area contributed by atoms with Crippen molar-refractivity contribution in [1.29, 1.82) is 0 Å². The number of aliphatic imine (C=N–C) groups is 1. The molecule has 0 aliphatic heterocycles. The molecule has 166 valence electrons. The number of nitro benzene ring substituents is 1. The molecule has 3 aromatic carbocycles. The Morgan fingerprint density at radius 2 is 1.59 bits per heavy atom. The number of halogens is 3. The van der Waals surface area contributed by atoms with Crippen molar-refractivity contribution in [1.82, 2.24) is 0 Å². The van der Waals surface area contributed by atoms with E-state index >= 15 is 0 Å². The van der Waals surface area contributed by atoms with Gasteiger partial charge >= 0.3 is 11.9 Å². The lowest BCUT2D eigenvalue weighted by atomic mass is 10.1. The molecule has 3 rings (SSSR count). The van der Waals surface area contributed by atoms with Crippen molar-refractivity contribution < 1.29 is 32.3 Å². The first-order valence-electron chi connectivity index (χ1n) is 9.11. The van der Waals surface area contributed by atoms with E-state index in [9.17, 15) is 23.3 Å². The molecule has 0 saturated heterocycles. The van der Waals surface area contributed by atoms with Crippen LogP contribution in [0.25, 0.3) is 0 Å². The van der Waals surface area contributed by atoms with Crippen LogP contribution in [0.1, 0.15) is 11.1 Å². The normalized spacial score (nSPS) is 11.4. The van der Waals surface area contributed by atoms with Crippen molar-refractivity contribution in [3.8, 4) is 23.0 Å². The van der Waals surface area contributed by atoms with Gasteiger partial charge in [-0.15, -0.1) is 0 Å². The minimum absolute atomic E-state index is 0.0944. The third kappa shape index (κ3) is 5.34. The molecule has 7 nitrogen and oxygen atoms in total. The van der Waals surface area contributed by atoms with Crippen LogP contribution in [0.5, 0.6) is 23.0 Å². The van der Waals surface area contributed by atoms with Crippen molar-refractivity contribution in [2.75, 3.05) is 14.2 Å². The van der Waals surface area contributed by atoms with Gasteiger partial charge < -0.3 is 14.2 Å². The Labute approximate surface area is 180 Å². The monoisotopic (exact) mass is 446 g/mol. The van der Waals surface area contributed by atoms with E-state index in [4.69, 9.17) is 14.2 Å². The summed E-state index contributed by atoms with van der Waals surface area (Å²) in [6, 6.07) is 13.8. The van der Waals surface area contributed by atoms with E-state index in [0.29, 0.717) is 29.1 Å². The van der Waals surface area contributed by atoms with Crippen molar-refractivity contribution >= 4 is 17.6 Å². The fourth-order valence-corrected chi connectivity index (χ4v) is 2.71. The van der Waals surface area contributed by atoms with Gasteiger partial charge in [-0.05, 0) is 60.2 Å². The predicted molar refractivity (Wildman–Crippen MR) is 111 cm³/mol. The fourth-order valence-electron chi connectivity index (χ4n) is 2.71. The third-order valence-corrected chi connectivity index (χ3v) is 4.33. The van der Waals surface area contributed by atoms with Crippen LogP contribution in [-0.4, -0.2) is 25.4 Å². The van der Waals surface area contributed by atoms with Crippen LogP contribution in [0, 0.1) is 10.1 Å². The first kappa shape index (κ1) is 22.6. The van der Waals surface area contributed by atoms with Crippen LogP contribution >= 0.6 is 0 Å². The van der Waals surface area contributed by atoms with Crippen LogP contribution < -0.4 is 14.2 Å². The molecule has 0 fully saturated rings. The van der Waals surface area contributed by atoms with Gasteiger partial charge in [0.15, 0.2) is 11.5 Å². The molecular formula is C22H17F3N2O5. The molecule has 32 heavy (non-hydrogen) atoms. The Balaban J connectivity index is 1.86. The highest BCUT2D eigenvalue weighted by Crippen LogP contribution is 2.40. The number of nitrogens with zero attached hydrogens (tertiary/aromatic N) is 2. The molecule has 0 atom stereocenters. The third-order valence-electron chi connectivity index (χ3n) is 4.33. The minimum atomic E-state index is -4.72. The van der Waals surface area contributed by atoms with Gasteiger partial charge in [-0.25, -0.2) is 0 Å². The zero-order valence-electron chi connectivity index (χ0n) is 16.9. The second kappa shape index (κ2) is 9.38. The standard InChI is InChI=1S/C22H17F3N2O5/c1-30-17-7-5-16(6-8-17)26-13-14-3-9-20(21(11-14)31-2)32-19-10-4-15(22(23,24)25)12-18(19)27(28)29/h3-13H,1-2H3. The van der Waals surface area contributed by atoms with Gasteiger partial charge in [0, 0.05) is 12.3 Å². The lowest BCUT2D eigenvalue weighted by Gasteiger charge is -2.12. The topological polar surface area (TPSA) is 83.2 Å². The Morgan fingerprint density at radius 3 is 2.19 bits per heavy atom. The molecule has 0 saturated carbocycles. The molecule has 0 aliphatic carbocycles. The molecule has 3 aromatic rings. The highest BCUT2D eigenvalue weighted by molar-refractivity contribution is 5.83. The highest BCUT2D eigenvalue weighted by Gasteiger charge is 2.33. The van der Waals surface area contributed by atoms with Crippen molar-refractivity contribution in [2.24, 2.45) is 4.99 Å². The van der Waals surface area contributed by atoms with Gasteiger partial charge in [0.05, 0.1) is 30.4 Å². The fraction of sp³-hybridized carbons (Fsp3) is 0.136. The van der Waals surface area contributed by atoms with Crippen molar-refractivity contribution in [3.05, 3.63) is 81.9 Å². The van der Waals surface area contributed by atoms with Crippen LogP contribution in [0.15, 0.2) is 65.7 Å². The average molecular weight is 446 g/mol.